The highest BCUT2D eigenvalue weighted by Crippen LogP contribution is 2.04. The normalized spacial score (nSPS) is 12.0. The van der Waals surface area contributed by atoms with E-state index in [2.05, 4.69) is 20.0 Å². The minimum absolute atomic E-state index is 0.851. The molecule has 3 heteroatoms. The van der Waals surface area contributed by atoms with Crippen LogP contribution in [0.3, 0.4) is 0 Å². The van der Waals surface area contributed by atoms with E-state index >= 15 is 0 Å². The second-order valence-corrected chi connectivity index (χ2v) is 6.30. The standard InChI is InChI=1S/C7H18O2Si/c1-5-6-7-9-10(3,4)8-2/h5-7H2,1-4H3. The third-order valence-corrected chi connectivity index (χ3v) is 3.32. The molecule has 0 bridgehead atoms. The Morgan fingerprint density at radius 2 is 1.90 bits per heavy atom. The first-order valence-corrected chi connectivity index (χ1v) is 6.63. The molecule has 0 aromatic rings. The van der Waals surface area contributed by atoms with Crippen LogP contribution in [0.5, 0.6) is 0 Å². The lowest BCUT2D eigenvalue weighted by Gasteiger charge is -2.19. The average Bonchev–Trinajstić information content (AvgIpc) is 1.89. The van der Waals surface area contributed by atoms with Gasteiger partial charge in [-0.2, -0.15) is 0 Å². The first-order chi connectivity index (χ1) is 4.62. The van der Waals surface area contributed by atoms with Crippen molar-refractivity contribution in [3.8, 4) is 0 Å². The van der Waals surface area contributed by atoms with Crippen molar-refractivity contribution in [1.29, 1.82) is 0 Å². The van der Waals surface area contributed by atoms with Crippen molar-refractivity contribution in [1.82, 2.24) is 0 Å². The van der Waals surface area contributed by atoms with Gasteiger partial charge >= 0.3 is 8.56 Å². The van der Waals surface area contributed by atoms with Crippen LogP contribution in [0.2, 0.25) is 13.1 Å². The Kier molecular flexibility index (Phi) is 4.94. The predicted molar refractivity (Wildman–Crippen MR) is 45.4 cm³/mol. The number of unbranched alkanes of at least 4 members (excludes halogenated alkanes) is 1. The zero-order valence-electron chi connectivity index (χ0n) is 7.44. The first-order valence-electron chi connectivity index (χ1n) is 3.81. The van der Waals surface area contributed by atoms with Crippen LogP contribution in [-0.2, 0) is 8.85 Å². The van der Waals surface area contributed by atoms with Gasteiger partial charge in [0.15, 0.2) is 0 Å². The predicted octanol–water partition coefficient (Wildman–Crippen LogP) is 2.15. The molecule has 0 saturated heterocycles. The van der Waals surface area contributed by atoms with E-state index in [1.807, 2.05) is 0 Å². The van der Waals surface area contributed by atoms with Gasteiger partial charge in [0.05, 0.1) is 0 Å². The van der Waals surface area contributed by atoms with Crippen LogP contribution in [0, 0.1) is 0 Å². The van der Waals surface area contributed by atoms with Gasteiger partial charge in [0.1, 0.15) is 0 Å². The Labute approximate surface area is 64.8 Å². The van der Waals surface area contributed by atoms with Crippen molar-refractivity contribution >= 4 is 8.56 Å². The Hall–Kier alpha value is 0.137. The van der Waals surface area contributed by atoms with E-state index in [0.717, 1.165) is 13.0 Å². The Bertz CT molecular complexity index is 83.7. The first kappa shape index (κ1) is 10.1. The highest BCUT2D eigenvalue weighted by atomic mass is 28.4. The van der Waals surface area contributed by atoms with Crippen molar-refractivity contribution in [3.05, 3.63) is 0 Å². The molecule has 0 N–H and O–H groups in total. The quantitative estimate of drug-likeness (QED) is 0.455. The molecule has 0 aromatic heterocycles. The number of rotatable bonds is 5. The molecule has 0 rings (SSSR count). The minimum Gasteiger partial charge on any atom is -0.398 e. The Morgan fingerprint density at radius 1 is 1.30 bits per heavy atom. The lowest BCUT2D eigenvalue weighted by Crippen LogP contribution is -2.33. The van der Waals surface area contributed by atoms with Gasteiger partial charge < -0.3 is 8.85 Å². The molecule has 0 amide bonds. The fourth-order valence-corrected chi connectivity index (χ4v) is 1.27. The number of hydrogen-bond acceptors (Lipinski definition) is 2. The summed E-state index contributed by atoms with van der Waals surface area (Å²) in [7, 11) is 0.00589. The Morgan fingerprint density at radius 3 is 2.30 bits per heavy atom. The van der Waals surface area contributed by atoms with Gasteiger partial charge in [0, 0.05) is 13.7 Å². The van der Waals surface area contributed by atoms with E-state index < -0.39 is 8.56 Å². The summed E-state index contributed by atoms with van der Waals surface area (Å²) in [6, 6.07) is 0. The molecule has 0 saturated carbocycles. The molecule has 0 radical (unpaired) electrons. The third-order valence-electron chi connectivity index (χ3n) is 1.44. The highest BCUT2D eigenvalue weighted by Gasteiger charge is 2.21. The number of hydrogen-bond donors (Lipinski definition) is 0. The molecule has 0 aliphatic carbocycles. The second-order valence-electron chi connectivity index (χ2n) is 2.81. The smallest absolute Gasteiger partial charge is 0.331 e. The zero-order chi connectivity index (χ0) is 8.04. The van der Waals surface area contributed by atoms with E-state index in [1.54, 1.807) is 7.11 Å². The Balaban J connectivity index is 3.28. The van der Waals surface area contributed by atoms with Crippen LogP contribution in [0.4, 0.5) is 0 Å². The van der Waals surface area contributed by atoms with Gasteiger partial charge in [0.2, 0.25) is 0 Å². The molecule has 0 atom stereocenters. The molecule has 0 heterocycles. The van der Waals surface area contributed by atoms with Crippen LogP contribution < -0.4 is 0 Å². The SMILES string of the molecule is CCCCO[Si](C)(C)OC. The monoisotopic (exact) mass is 162 g/mol. The largest absolute Gasteiger partial charge is 0.398 e. The van der Waals surface area contributed by atoms with Gasteiger partial charge in [-0.25, -0.2) is 0 Å². The van der Waals surface area contributed by atoms with Gasteiger partial charge in [-0.3, -0.25) is 0 Å². The molecule has 0 unspecified atom stereocenters. The van der Waals surface area contributed by atoms with Gasteiger partial charge in [0.25, 0.3) is 0 Å². The van der Waals surface area contributed by atoms with E-state index in [0.29, 0.717) is 0 Å². The third kappa shape index (κ3) is 4.96. The summed E-state index contributed by atoms with van der Waals surface area (Å²) in [5, 5.41) is 0. The lowest BCUT2D eigenvalue weighted by molar-refractivity contribution is 0.208. The van der Waals surface area contributed by atoms with E-state index in [1.165, 1.54) is 6.42 Å². The maximum absolute atomic E-state index is 5.54. The summed E-state index contributed by atoms with van der Waals surface area (Å²) < 4.78 is 10.7. The average molecular weight is 162 g/mol. The summed E-state index contributed by atoms with van der Waals surface area (Å²) in [6.07, 6.45) is 2.33. The van der Waals surface area contributed by atoms with Crippen LogP contribution >= 0.6 is 0 Å². The summed E-state index contributed by atoms with van der Waals surface area (Å²) in [5.74, 6) is 0. The van der Waals surface area contributed by atoms with Crippen LogP contribution in [-0.4, -0.2) is 22.3 Å². The van der Waals surface area contributed by atoms with Gasteiger partial charge in [-0.05, 0) is 19.5 Å². The minimum atomic E-state index is -1.71. The molecular weight excluding hydrogens is 144 g/mol. The van der Waals surface area contributed by atoms with Crippen molar-refractivity contribution in [3.63, 3.8) is 0 Å². The van der Waals surface area contributed by atoms with Crippen molar-refractivity contribution < 1.29 is 8.85 Å². The molecule has 10 heavy (non-hydrogen) atoms. The van der Waals surface area contributed by atoms with Crippen molar-refractivity contribution in [2.24, 2.45) is 0 Å². The van der Waals surface area contributed by atoms with E-state index in [-0.39, 0.29) is 0 Å². The highest BCUT2D eigenvalue weighted by molar-refractivity contribution is 6.64. The fraction of sp³-hybridized carbons (Fsp3) is 1.00. The molecule has 0 aliphatic rings. The maximum Gasteiger partial charge on any atom is 0.331 e. The van der Waals surface area contributed by atoms with Crippen molar-refractivity contribution in [2.45, 2.75) is 32.9 Å². The molecule has 0 spiro atoms. The van der Waals surface area contributed by atoms with Crippen molar-refractivity contribution in [2.75, 3.05) is 13.7 Å². The van der Waals surface area contributed by atoms with Crippen LogP contribution in [0.15, 0.2) is 0 Å². The molecule has 2 nitrogen and oxygen atoms in total. The summed E-state index contributed by atoms with van der Waals surface area (Å²) in [6.45, 7) is 7.12. The lowest BCUT2D eigenvalue weighted by atomic mass is 10.4. The van der Waals surface area contributed by atoms with E-state index in [9.17, 15) is 0 Å². The molecule has 0 fully saturated rings. The fourth-order valence-electron chi connectivity index (χ4n) is 0.521. The molecule has 0 aromatic carbocycles. The summed E-state index contributed by atoms with van der Waals surface area (Å²) in [4.78, 5) is 0. The topological polar surface area (TPSA) is 18.5 Å². The summed E-state index contributed by atoms with van der Waals surface area (Å²) >= 11 is 0. The maximum atomic E-state index is 5.54. The van der Waals surface area contributed by atoms with Gasteiger partial charge in [-0.15, -0.1) is 0 Å². The zero-order valence-corrected chi connectivity index (χ0v) is 8.44. The molecular formula is C7H18O2Si. The summed E-state index contributed by atoms with van der Waals surface area (Å²) in [5.41, 5.74) is 0. The second kappa shape index (κ2) is 4.88. The van der Waals surface area contributed by atoms with E-state index in [4.69, 9.17) is 8.85 Å². The molecule has 62 valence electrons. The van der Waals surface area contributed by atoms with Crippen LogP contribution in [0.1, 0.15) is 19.8 Å². The van der Waals surface area contributed by atoms with Crippen LogP contribution in [0.25, 0.3) is 0 Å². The van der Waals surface area contributed by atoms with Gasteiger partial charge in [-0.1, -0.05) is 13.3 Å². The molecule has 0 aliphatic heterocycles.